The Hall–Kier alpha value is -1.77. The van der Waals surface area contributed by atoms with Crippen molar-refractivity contribution >= 4 is 31.0 Å². The summed E-state index contributed by atoms with van der Waals surface area (Å²) in [5, 5.41) is 1.95. The molecule has 0 amide bonds. The second-order valence-electron chi connectivity index (χ2n) is 13.1. The van der Waals surface area contributed by atoms with Gasteiger partial charge in [-0.3, -0.25) is 0 Å². The lowest BCUT2D eigenvalue weighted by atomic mass is 9.41. The lowest BCUT2D eigenvalue weighted by Gasteiger charge is -2.38. The number of hydrogen-bond acceptors (Lipinski definition) is 2. The van der Waals surface area contributed by atoms with Crippen molar-refractivity contribution in [3.63, 3.8) is 0 Å². The van der Waals surface area contributed by atoms with Crippen LogP contribution in [0.1, 0.15) is 74.8 Å². The van der Waals surface area contributed by atoms with E-state index in [-0.39, 0.29) is 23.4 Å². The molecule has 1 fully saturated rings. The Morgan fingerprint density at radius 3 is 2.00 bits per heavy atom. The zero-order chi connectivity index (χ0) is 27.1. The van der Waals surface area contributed by atoms with Gasteiger partial charge in [-0.05, 0) is 56.4 Å². The summed E-state index contributed by atoms with van der Waals surface area (Å²) in [6.07, 6.45) is 2.10. The van der Waals surface area contributed by atoms with Crippen LogP contribution in [0, 0.1) is 28.1 Å². The van der Waals surface area contributed by atoms with Crippen molar-refractivity contribution in [1.82, 2.24) is 0 Å². The molecule has 0 saturated carbocycles. The highest BCUT2D eigenvalue weighted by Gasteiger charge is 2.48. The summed E-state index contributed by atoms with van der Waals surface area (Å²) in [4.78, 5) is 0. The second kappa shape index (κ2) is 10.5. The van der Waals surface area contributed by atoms with Crippen molar-refractivity contribution < 1.29 is 13.9 Å². The minimum Gasteiger partial charge on any atom is -0.468 e. The first-order valence-electron chi connectivity index (χ1n) is 13.6. The monoisotopic (exact) mass is 508 g/mol. The Bertz CT molecular complexity index is 1120. The van der Waals surface area contributed by atoms with Gasteiger partial charge in [-0.25, -0.2) is 4.39 Å². The zero-order valence-corrected chi connectivity index (χ0v) is 25.4. The lowest BCUT2D eigenvalue weighted by molar-refractivity contribution is 0.0513. The number of methoxy groups -OCH3 is 1. The molecular weight excluding hydrogens is 462 g/mol. The van der Waals surface area contributed by atoms with Gasteiger partial charge in [0.2, 0.25) is 0 Å². The van der Waals surface area contributed by atoms with Crippen LogP contribution in [0.5, 0.6) is 5.75 Å². The Morgan fingerprint density at radius 1 is 0.944 bits per heavy atom. The molecule has 196 valence electrons. The number of rotatable bonds is 7. The van der Waals surface area contributed by atoms with Crippen molar-refractivity contribution in [3.05, 3.63) is 35.6 Å². The molecule has 0 unspecified atom stereocenters. The predicted molar refractivity (Wildman–Crippen MR) is 157 cm³/mol. The van der Waals surface area contributed by atoms with Crippen LogP contribution in [0.25, 0.3) is 10.8 Å². The molecule has 2 nitrogen and oxygen atoms in total. The third kappa shape index (κ3) is 5.14. The summed E-state index contributed by atoms with van der Waals surface area (Å²) >= 11 is 0. The van der Waals surface area contributed by atoms with Gasteiger partial charge in [0.1, 0.15) is 19.6 Å². The smallest absolute Gasteiger partial charge is 0.188 e. The average molecular weight is 509 g/mol. The van der Waals surface area contributed by atoms with E-state index in [2.05, 4.69) is 86.8 Å². The van der Waals surface area contributed by atoms with Crippen LogP contribution in [-0.4, -0.2) is 28.7 Å². The zero-order valence-electron chi connectivity index (χ0n) is 24.4. The van der Waals surface area contributed by atoms with Crippen LogP contribution in [-0.2, 0) is 4.74 Å². The molecule has 0 bridgehead atoms. The number of benzene rings is 2. The summed E-state index contributed by atoms with van der Waals surface area (Å²) < 4.78 is 26.7. The highest BCUT2D eigenvalue weighted by Crippen LogP contribution is 2.53. The topological polar surface area (TPSA) is 18.5 Å². The van der Waals surface area contributed by atoms with Gasteiger partial charge in [-0.1, -0.05) is 99.3 Å². The number of hydrogen-bond donors (Lipinski definition) is 0. The van der Waals surface area contributed by atoms with E-state index in [1.165, 1.54) is 0 Å². The van der Waals surface area contributed by atoms with Crippen LogP contribution in [0.15, 0.2) is 24.3 Å². The Morgan fingerprint density at radius 2 is 1.50 bits per heavy atom. The van der Waals surface area contributed by atoms with E-state index < -0.39 is 8.07 Å². The lowest BCUT2D eigenvalue weighted by Crippen LogP contribution is -2.43. The van der Waals surface area contributed by atoms with Crippen molar-refractivity contribution in [2.45, 2.75) is 98.5 Å². The van der Waals surface area contributed by atoms with Gasteiger partial charge in [0, 0.05) is 7.11 Å². The van der Waals surface area contributed by atoms with E-state index in [1.54, 1.807) is 13.2 Å². The molecule has 36 heavy (non-hydrogen) atoms. The summed E-state index contributed by atoms with van der Waals surface area (Å²) in [5.41, 5.74) is 7.34. The van der Waals surface area contributed by atoms with E-state index >= 15 is 4.39 Å². The number of halogens is 1. The third-order valence-corrected chi connectivity index (χ3v) is 15.8. The highest BCUT2D eigenvalue weighted by molar-refractivity contribution is 6.90. The van der Waals surface area contributed by atoms with Gasteiger partial charge in [0.05, 0.1) is 5.56 Å². The minimum atomic E-state index is -2.01. The molecule has 1 heterocycles. The van der Waals surface area contributed by atoms with E-state index in [0.717, 1.165) is 34.6 Å². The van der Waals surface area contributed by atoms with E-state index in [1.807, 2.05) is 12.1 Å². The fourth-order valence-corrected chi connectivity index (χ4v) is 12.0. The van der Waals surface area contributed by atoms with Gasteiger partial charge in [0.25, 0.3) is 0 Å². The van der Waals surface area contributed by atoms with E-state index in [4.69, 9.17) is 9.47 Å². The normalized spacial score (nSPS) is 17.2. The molecule has 0 aromatic heterocycles. The largest absolute Gasteiger partial charge is 0.468 e. The summed E-state index contributed by atoms with van der Waals surface area (Å²) in [7, 11) is -0.387. The van der Waals surface area contributed by atoms with Gasteiger partial charge >= 0.3 is 0 Å². The Kier molecular flexibility index (Phi) is 8.43. The van der Waals surface area contributed by atoms with Crippen LogP contribution < -0.4 is 10.2 Å². The summed E-state index contributed by atoms with van der Waals surface area (Å²) in [5.74, 6) is 4.02. The molecule has 0 aliphatic carbocycles. The van der Waals surface area contributed by atoms with Crippen LogP contribution in [0.2, 0.25) is 29.3 Å². The van der Waals surface area contributed by atoms with Crippen LogP contribution in [0.3, 0.4) is 0 Å². The maximum Gasteiger partial charge on any atom is 0.188 e. The van der Waals surface area contributed by atoms with Crippen LogP contribution >= 0.6 is 0 Å². The number of ether oxygens (including phenoxy) is 2. The molecule has 1 saturated heterocycles. The molecular formula is C31H46BFO2Si. The van der Waals surface area contributed by atoms with Crippen molar-refractivity contribution in [2.24, 2.45) is 10.8 Å². The van der Waals surface area contributed by atoms with Crippen molar-refractivity contribution in [2.75, 3.05) is 13.9 Å². The third-order valence-electron chi connectivity index (χ3n) is 9.47. The first kappa shape index (κ1) is 28.8. The predicted octanol–water partition coefficient (Wildman–Crippen LogP) is 8.30. The second-order valence-corrected chi connectivity index (χ2v) is 18.7. The summed E-state index contributed by atoms with van der Waals surface area (Å²) in [6, 6.07) is 7.57. The molecule has 0 atom stereocenters. The maximum absolute atomic E-state index is 15.6. The van der Waals surface area contributed by atoms with Gasteiger partial charge in [-0.15, -0.1) is 5.54 Å². The molecule has 0 spiro atoms. The summed E-state index contributed by atoms with van der Waals surface area (Å²) in [6.45, 7) is 23.7. The first-order chi connectivity index (χ1) is 16.7. The average Bonchev–Trinajstić information content (AvgIpc) is 2.99. The van der Waals surface area contributed by atoms with E-state index in [9.17, 15) is 0 Å². The fourth-order valence-electron chi connectivity index (χ4n) is 6.78. The van der Waals surface area contributed by atoms with Crippen molar-refractivity contribution in [3.8, 4) is 17.2 Å². The standard InChI is InChI=1S/C31H46BFO2Si/c1-21(2)36(22(3)4,23(5)6)15-14-26-28(33)13-12-24-16-25(35-20-34-11)17-27(29(24)26)32-18-30(7,8)31(9,10)19-32/h12-13,16-17,21-23H,18-20H2,1-11H3. The van der Waals surface area contributed by atoms with Gasteiger partial charge in [-0.2, -0.15) is 0 Å². The minimum absolute atomic E-state index is 0.182. The maximum atomic E-state index is 15.6. The molecule has 1 aliphatic heterocycles. The Labute approximate surface area is 220 Å². The SMILES string of the molecule is COCOc1cc(B2CC(C)(C)C(C)(C)C2)c2c(C#C[Si](C(C)C)(C(C)C)C(C)C)c(F)ccc2c1. The van der Waals surface area contributed by atoms with Gasteiger partial charge in [0.15, 0.2) is 13.5 Å². The quantitative estimate of drug-likeness (QED) is 0.213. The molecule has 1 aliphatic rings. The number of fused-ring (bicyclic) bond motifs is 1. The molecule has 0 N–H and O–H groups in total. The Balaban J connectivity index is 2.32. The van der Waals surface area contributed by atoms with E-state index in [0.29, 0.717) is 28.9 Å². The fraction of sp³-hybridized carbons (Fsp3) is 0.613. The molecule has 0 radical (unpaired) electrons. The van der Waals surface area contributed by atoms with Gasteiger partial charge < -0.3 is 9.47 Å². The van der Waals surface area contributed by atoms with Crippen molar-refractivity contribution in [1.29, 1.82) is 0 Å². The first-order valence-corrected chi connectivity index (χ1v) is 15.8. The van der Waals surface area contributed by atoms with Crippen LogP contribution in [0.4, 0.5) is 4.39 Å². The highest BCUT2D eigenvalue weighted by atomic mass is 28.3. The molecule has 5 heteroatoms. The molecule has 2 aromatic carbocycles. The molecule has 3 rings (SSSR count). The molecule has 2 aromatic rings.